The van der Waals surface area contributed by atoms with Crippen LogP contribution in [0.1, 0.15) is 40.5 Å². The third-order valence-electron chi connectivity index (χ3n) is 5.68. The fourth-order valence-electron chi connectivity index (χ4n) is 3.92. The van der Waals surface area contributed by atoms with Crippen molar-refractivity contribution in [1.82, 2.24) is 19.6 Å². The molecule has 1 aliphatic heterocycles. The third kappa shape index (κ3) is 7.88. The molecule has 3 aromatic rings. The molecule has 1 atom stereocenters. The maximum Gasteiger partial charge on any atom is 0.241 e. The normalized spacial score (nSPS) is 15.7. The van der Waals surface area contributed by atoms with Crippen LogP contribution in [-0.4, -0.2) is 55.0 Å². The number of nitrogens with one attached hydrogen (secondary N) is 3. The Bertz CT molecular complexity index is 1340. The zero-order valence-electron chi connectivity index (χ0n) is 22.8. The van der Waals surface area contributed by atoms with Crippen molar-refractivity contribution < 1.29 is 14.5 Å². The van der Waals surface area contributed by atoms with Crippen LogP contribution in [0.4, 0.5) is 23.1 Å². The maximum atomic E-state index is 12.7. The molecule has 2 heterocycles. The Balaban J connectivity index is 1.41. The average Bonchev–Trinajstić information content (AvgIpc) is 3.34. The lowest BCUT2D eigenvalue weighted by atomic mass is 10.1. The predicted molar refractivity (Wildman–Crippen MR) is 147 cm³/mol. The molecule has 4 rings (SSSR count). The number of rotatable bonds is 10. The van der Waals surface area contributed by atoms with Crippen molar-refractivity contribution >= 4 is 33.2 Å². The Morgan fingerprint density at radius 2 is 1.78 bits per heavy atom. The number of anilines is 4. The highest BCUT2D eigenvalue weighted by atomic mass is 32.2. The van der Waals surface area contributed by atoms with E-state index in [1.807, 2.05) is 31.2 Å². The number of likely N-dealkylation sites (tertiary alicyclic amines) is 1. The Kier molecular flexibility index (Phi) is 7.87. The quantitative estimate of drug-likeness (QED) is 0.346. The summed E-state index contributed by atoms with van der Waals surface area (Å²) in [4.78, 5) is 11.4. The van der Waals surface area contributed by atoms with E-state index in [0.717, 1.165) is 24.3 Å². The molecular formula is C27H36N6O3S. The van der Waals surface area contributed by atoms with Crippen LogP contribution >= 0.6 is 0 Å². The molecule has 0 saturated carbocycles. The Labute approximate surface area is 221 Å². The molecule has 3 N–H and O–H groups in total. The summed E-state index contributed by atoms with van der Waals surface area (Å²) in [6.45, 7) is 9.32. The molecule has 10 heteroatoms. The molecule has 0 spiro atoms. The first kappa shape index (κ1) is 25.4. The molecule has 0 bridgehead atoms. The van der Waals surface area contributed by atoms with Crippen LogP contribution in [0.2, 0.25) is 0 Å². The molecule has 0 radical (unpaired) electrons. The predicted octanol–water partition coefficient (Wildman–Crippen LogP) is 4.82. The van der Waals surface area contributed by atoms with Gasteiger partial charge in [-0.3, -0.25) is 4.90 Å². The number of nitrogens with zero attached hydrogens (tertiary/aromatic N) is 3. The highest BCUT2D eigenvalue weighted by Crippen LogP contribution is 2.24. The molecule has 1 aromatic heterocycles. The molecule has 198 valence electrons. The van der Waals surface area contributed by atoms with Gasteiger partial charge in [0.05, 0.1) is 6.27 Å². The van der Waals surface area contributed by atoms with Gasteiger partial charge in [0.15, 0.2) is 0 Å². The second-order valence-corrected chi connectivity index (χ2v) is 11.9. The van der Waals surface area contributed by atoms with E-state index in [4.69, 9.17) is 6.11 Å². The Morgan fingerprint density at radius 3 is 2.49 bits per heavy atom. The summed E-state index contributed by atoms with van der Waals surface area (Å²) < 4.78 is 42.1. The van der Waals surface area contributed by atoms with Gasteiger partial charge >= 0.3 is 0 Å². The summed E-state index contributed by atoms with van der Waals surface area (Å²) in [6.07, 6.45) is 4.07. The van der Waals surface area contributed by atoms with E-state index in [-0.39, 0.29) is 4.90 Å². The van der Waals surface area contributed by atoms with Gasteiger partial charge in [0.25, 0.3) is 0 Å². The van der Waals surface area contributed by atoms with E-state index in [2.05, 4.69) is 30.2 Å². The van der Waals surface area contributed by atoms with Gasteiger partial charge < -0.3 is 15.4 Å². The number of aryl methyl sites for hydroxylation is 1. The summed E-state index contributed by atoms with van der Waals surface area (Å²) in [5.74, 6) is 1.58. The second-order valence-electron chi connectivity index (χ2n) is 10.2. The van der Waals surface area contributed by atoms with Crippen LogP contribution in [-0.2, 0) is 10.0 Å². The molecule has 9 nitrogen and oxygen atoms in total. The van der Waals surface area contributed by atoms with Gasteiger partial charge in [-0.15, -0.1) is 0 Å². The Hall–Kier alpha value is -3.21. The minimum atomic E-state index is -3.67. The first-order valence-electron chi connectivity index (χ1n) is 13.0. The number of benzene rings is 2. The minimum Gasteiger partial charge on any atom is -0.492 e. The molecule has 1 aliphatic rings. The zero-order chi connectivity index (χ0) is 27.3. The number of ether oxygens (including phenoxy) is 1. The highest BCUT2D eigenvalue weighted by Gasteiger charge is 2.22. The van der Waals surface area contributed by atoms with Crippen LogP contribution in [0, 0.1) is 6.92 Å². The SMILES string of the molecule is [2H]C(CN1CCCC1)Oc1ccc(Nc2ncc(C)c(Nc3cccc(S(=O)(=O)NC(C)(C)C)c3)n2)cc1. The van der Waals surface area contributed by atoms with Gasteiger partial charge in [-0.2, -0.15) is 4.98 Å². The standard InChI is InChI=1S/C27H36N6O3S/c1-20-19-28-26(30-21-10-12-23(13-11-21)36-17-16-33-14-5-6-15-33)31-25(20)29-22-8-7-9-24(18-22)37(34,35)32-27(2,3)4/h7-13,18-19,32H,5-6,14-17H2,1-4H3,(H2,28,29,30,31)/i17D. The molecule has 2 aromatic carbocycles. The lowest BCUT2D eigenvalue weighted by molar-refractivity contribution is 0.238. The van der Waals surface area contributed by atoms with Gasteiger partial charge in [0, 0.05) is 35.2 Å². The summed E-state index contributed by atoms with van der Waals surface area (Å²) >= 11 is 0. The van der Waals surface area contributed by atoms with Gasteiger partial charge in [0.1, 0.15) is 18.2 Å². The topological polar surface area (TPSA) is 108 Å². The van der Waals surface area contributed by atoms with Crippen molar-refractivity contribution in [3.63, 3.8) is 0 Å². The van der Waals surface area contributed by atoms with Gasteiger partial charge in [-0.25, -0.2) is 18.1 Å². The van der Waals surface area contributed by atoms with Crippen LogP contribution in [0.15, 0.2) is 59.6 Å². The van der Waals surface area contributed by atoms with Crippen molar-refractivity contribution in [3.8, 4) is 5.75 Å². The molecule has 1 unspecified atom stereocenters. The fraction of sp³-hybridized carbons (Fsp3) is 0.407. The van der Waals surface area contributed by atoms with E-state index in [0.29, 0.717) is 29.7 Å². The number of sulfonamides is 1. The van der Waals surface area contributed by atoms with Crippen LogP contribution in [0.25, 0.3) is 0 Å². The number of aromatic nitrogens is 2. The number of hydrogen-bond donors (Lipinski definition) is 3. The molecular weight excluding hydrogens is 488 g/mol. The fourth-order valence-corrected chi connectivity index (χ4v) is 5.38. The van der Waals surface area contributed by atoms with Crippen molar-refractivity contribution in [1.29, 1.82) is 0 Å². The number of hydrogen-bond acceptors (Lipinski definition) is 8. The third-order valence-corrected chi connectivity index (χ3v) is 7.44. The van der Waals surface area contributed by atoms with Gasteiger partial charge in [-0.1, -0.05) is 6.07 Å². The molecule has 0 amide bonds. The smallest absolute Gasteiger partial charge is 0.241 e. The average molecular weight is 526 g/mol. The van der Waals surface area contributed by atoms with E-state index in [1.54, 1.807) is 51.2 Å². The van der Waals surface area contributed by atoms with E-state index in [9.17, 15) is 8.42 Å². The lowest BCUT2D eigenvalue weighted by Crippen LogP contribution is -2.40. The molecule has 1 fully saturated rings. The first-order chi connectivity index (χ1) is 18.0. The molecule has 0 aliphatic carbocycles. The summed E-state index contributed by atoms with van der Waals surface area (Å²) in [7, 11) is -3.67. The first-order valence-corrected chi connectivity index (χ1v) is 13.9. The lowest BCUT2D eigenvalue weighted by Gasteiger charge is -2.20. The van der Waals surface area contributed by atoms with Crippen molar-refractivity contribution in [2.75, 3.05) is 36.9 Å². The maximum absolute atomic E-state index is 12.7. The summed E-state index contributed by atoms with van der Waals surface area (Å²) in [5, 5.41) is 6.38. The van der Waals surface area contributed by atoms with E-state index in [1.165, 1.54) is 12.8 Å². The van der Waals surface area contributed by atoms with Crippen LogP contribution in [0.5, 0.6) is 5.75 Å². The van der Waals surface area contributed by atoms with Crippen LogP contribution < -0.4 is 20.1 Å². The van der Waals surface area contributed by atoms with Crippen LogP contribution in [0.3, 0.4) is 0 Å². The van der Waals surface area contributed by atoms with Crippen molar-refractivity contribution in [2.24, 2.45) is 0 Å². The summed E-state index contributed by atoms with van der Waals surface area (Å²) in [6, 6.07) is 13.9. The van der Waals surface area contributed by atoms with Gasteiger partial charge in [-0.05, 0) is 96.1 Å². The van der Waals surface area contributed by atoms with Crippen molar-refractivity contribution in [2.45, 2.75) is 51.0 Å². The van der Waals surface area contributed by atoms with E-state index >= 15 is 0 Å². The van der Waals surface area contributed by atoms with Crippen molar-refractivity contribution in [3.05, 3.63) is 60.3 Å². The molecule has 1 saturated heterocycles. The van der Waals surface area contributed by atoms with Gasteiger partial charge in [0.2, 0.25) is 16.0 Å². The molecule has 37 heavy (non-hydrogen) atoms. The zero-order valence-corrected chi connectivity index (χ0v) is 22.6. The van der Waals surface area contributed by atoms with E-state index < -0.39 is 22.1 Å². The largest absolute Gasteiger partial charge is 0.492 e. The highest BCUT2D eigenvalue weighted by molar-refractivity contribution is 7.89. The second kappa shape index (κ2) is 11.5. The Morgan fingerprint density at radius 1 is 1.05 bits per heavy atom. The summed E-state index contributed by atoms with van der Waals surface area (Å²) in [5.41, 5.74) is 1.58. The minimum absolute atomic E-state index is 0.167. The monoisotopic (exact) mass is 525 g/mol.